The van der Waals surface area contributed by atoms with Gasteiger partial charge < -0.3 is 20.0 Å². The lowest BCUT2D eigenvalue weighted by Crippen LogP contribution is -2.65. The van der Waals surface area contributed by atoms with Crippen LogP contribution in [0.3, 0.4) is 0 Å². The highest BCUT2D eigenvalue weighted by Gasteiger charge is 2.48. The molecule has 2 aliphatic rings. The Kier molecular flexibility index (Phi) is 9.91. The molecule has 1 atom stereocenters. The van der Waals surface area contributed by atoms with E-state index in [-0.39, 0.29) is 23.6 Å². The van der Waals surface area contributed by atoms with Crippen LogP contribution in [-0.2, 0) is 9.59 Å². The van der Waals surface area contributed by atoms with Crippen molar-refractivity contribution in [2.45, 2.75) is 50.0 Å². The van der Waals surface area contributed by atoms with Crippen molar-refractivity contribution in [3.63, 3.8) is 0 Å². The predicted octanol–water partition coefficient (Wildman–Crippen LogP) is 4.83. The summed E-state index contributed by atoms with van der Waals surface area (Å²) in [5.74, 6) is 0.0446. The van der Waals surface area contributed by atoms with Crippen LogP contribution in [-0.4, -0.2) is 84.8 Å². The van der Waals surface area contributed by atoms with Gasteiger partial charge >= 0.3 is 0 Å². The van der Waals surface area contributed by atoms with Crippen LogP contribution in [0.1, 0.15) is 60.4 Å². The summed E-state index contributed by atoms with van der Waals surface area (Å²) in [6.07, 6.45) is 4.38. The van der Waals surface area contributed by atoms with Crippen molar-refractivity contribution in [1.82, 2.24) is 20.0 Å². The molecule has 9 heteroatoms. The smallest absolute Gasteiger partial charge is 0.253 e. The highest BCUT2D eigenvalue weighted by atomic mass is 35.5. The molecule has 2 aromatic carbocycles. The second-order valence-corrected chi connectivity index (χ2v) is 11.5. The normalized spacial score (nSPS) is 18.5. The van der Waals surface area contributed by atoms with Gasteiger partial charge in [-0.2, -0.15) is 0 Å². The summed E-state index contributed by atoms with van der Waals surface area (Å²) in [6.45, 7) is 3.43. The van der Waals surface area contributed by atoms with E-state index in [1.165, 1.54) is 0 Å². The van der Waals surface area contributed by atoms with Crippen molar-refractivity contribution in [3.05, 3.63) is 69.7 Å². The summed E-state index contributed by atoms with van der Waals surface area (Å²) >= 11 is 12.6. The molecule has 0 saturated carbocycles. The van der Waals surface area contributed by atoms with Gasteiger partial charge in [-0.05, 0) is 68.5 Å². The Labute approximate surface area is 241 Å². The molecule has 1 N–H and O–H groups in total. The molecule has 2 heterocycles. The molecule has 210 valence electrons. The van der Waals surface area contributed by atoms with Gasteiger partial charge in [-0.25, -0.2) is 0 Å². The number of benzene rings is 2. The summed E-state index contributed by atoms with van der Waals surface area (Å²) in [6, 6.07) is 15.0. The van der Waals surface area contributed by atoms with Crippen LogP contribution in [0.2, 0.25) is 10.0 Å². The summed E-state index contributed by atoms with van der Waals surface area (Å²) < 4.78 is 0. The first kappa shape index (κ1) is 29.4. The Bertz CT molecular complexity index is 1170. The number of amides is 3. The van der Waals surface area contributed by atoms with Gasteiger partial charge in [-0.1, -0.05) is 47.5 Å². The predicted molar refractivity (Wildman–Crippen MR) is 155 cm³/mol. The summed E-state index contributed by atoms with van der Waals surface area (Å²) in [5.41, 5.74) is 0.920. The second kappa shape index (κ2) is 13.2. The molecule has 0 unspecified atom stereocenters. The second-order valence-electron chi connectivity index (χ2n) is 10.7. The maximum absolute atomic E-state index is 13.1. The molecule has 0 aliphatic carbocycles. The zero-order valence-electron chi connectivity index (χ0n) is 22.8. The quantitative estimate of drug-likeness (QED) is 0.467. The standard InChI is InChI=1S/C30H38Cl2N4O3/c1-33-29(39)30(36-16-7-6-10-27(36)37)14-18-35(19-15-30)17-13-24(23-11-12-25(31)26(32)20-23)21-34(2)28(38)22-8-4-3-5-9-22/h3-5,8-9,11-12,20,24H,6-7,10,13-19,21H2,1-2H3,(H,33,39)/t24-/m1/s1. The lowest BCUT2D eigenvalue weighted by atomic mass is 9.82. The van der Waals surface area contributed by atoms with Crippen molar-refractivity contribution in [2.24, 2.45) is 0 Å². The van der Waals surface area contributed by atoms with Crippen molar-refractivity contribution >= 4 is 40.9 Å². The van der Waals surface area contributed by atoms with E-state index in [0.29, 0.717) is 48.0 Å². The molecule has 7 nitrogen and oxygen atoms in total. The number of nitrogens with one attached hydrogen (secondary N) is 1. The number of piperidine rings is 2. The zero-order valence-corrected chi connectivity index (χ0v) is 24.3. The number of carbonyl (C=O) groups excluding carboxylic acids is 3. The molecule has 39 heavy (non-hydrogen) atoms. The van der Waals surface area contributed by atoms with Crippen LogP contribution < -0.4 is 5.32 Å². The topological polar surface area (TPSA) is 73.0 Å². The van der Waals surface area contributed by atoms with Crippen LogP contribution in [0.15, 0.2) is 48.5 Å². The van der Waals surface area contributed by atoms with Gasteiger partial charge in [0.2, 0.25) is 11.8 Å². The minimum Gasteiger partial charge on any atom is -0.357 e. The number of hydrogen-bond donors (Lipinski definition) is 1. The molecule has 2 aliphatic heterocycles. The molecule has 2 saturated heterocycles. The fraction of sp³-hybridized carbons (Fsp3) is 0.500. The molecule has 3 amide bonds. The summed E-state index contributed by atoms with van der Waals surface area (Å²) in [7, 11) is 3.48. The number of likely N-dealkylation sites (N-methyl/N-ethyl adjacent to an activating group) is 2. The number of likely N-dealkylation sites (tertiary alicyclic amines) is 2. The van der Waals surface area contributed by atoms with E-state index in [0.717, 1.165) is 44.5 Å². The third-order valence-electron chi connectivity index (χ3n) is 8.24. The minimum absolute atomic E-state index is 0.0276. The van der Waals surface area contributed by atoms with E-state index in [9.17, 15) is 14.4 Å². The molecular weight excluding hydrogens is 535 g/mol. The minimum atomic E-state index is -0.770. The van der Waals surface area contributed by atoms with Crippen molar-refractivity contribution in [2.75, 3.05) is 46.8 Å². The first-order valence-corrected chi connectivity index (χ1v) is 14.5. The van der Waals surface area contributed by atoms with Crippen molar-refractivity contribution < 1.29 is 14.4 Å². The molecular formula is C30H38Cl2N4O3. The average molecular weight is 574 g/mol. The molecule has 4 rings (SSSR count). The summed E-state index contributed by atoms with van der Waals surface area (Å²) in [5, 5.41) is 3.82. The van der Waals surface area contributed by atoms with Gasteiger partial charge in [0.1, 0.15) is 5.54 Å². The molecule has 0 bridgehead atoms. The number of halogens is 2. The fourth-order valence-corrected chi connectivity index (χ4v) is 6.25. The Morgan fingerprint density at radius 3 is 2.38 bits per heavy atom. The van der Waals surface area contributed by atoms with Gasteiger partial charge in [0.15, 0.2) is 0 Å². The van der Waals surface area contributed by atoms with Crippen LogP contribution in [0, 0.1) is 0 Å². The van der Waals surface area contributed by atoms with E-state index in [1.807, 2.05) is 54.4 Å². The average Bonchev–Trinajstić information content (AvgIpc) is 2.96. The highest BCUT2D eigenvalue weighted by Crippen LogP contribution is 2.34. The number of carbonyl (C=O) groups is 3. The SMILES string of the molecule is CNC(=O)C1(N2CCCCC2=O)CCN(CC[C@H](CN(C)C(=O)c2ccccc2)c2ccc(Cl)c(Cl)c2)CC1. The molecule has 0 spiro atoms. The van der Waals surface area contributed by atoms with Crippen LogP contribution in [0.5, 0.6) is 0 Å². The van der Waals surface area contributed by atoms with E-state index < -0.39 is 5.54 Å². The number of nitrogens with zero attached hydrogens (tertiary/aromatic N) is 3. The van der Waals surface area contributed by atoms with Crippen LogP contribution >= 0.6 is 23.2 Å². The van der Waals surface area contributed by atoms with Crippen molar-refractivity contribution in [3.8, 4) is 0 Å². The number of rotatable bonds is 9. The Balaban J connectivity index is 1.45. The van der Waals surface area contributed by atoms with Crippen LogP contribution in [0.25, 0.3) is 0 Å². The molecule has 2 aromatic rings. The Hall–Kier alpha value is -2.61. The van der Waals surface area contributed by atoms with E-state index >= 15 is 0 Å². The van der Waals surface area contributed by atoms with E-state index in [2.05, 4.69) is 10.2 Å². The first-order valence-electron chi connectivity index (χ1n) is 13.8. The zero-order chi connectivity index (χ0) is 28.0. The fourth-order valence-electron chi connectivity index (χ4n) is 5.94. The van der Waals surface area contributed by atoms with Crippen molar-refractivity contribution in [1.29, 1.82) is 0 Å². The monoisotopic (exact) mass is 572 g/mol. The third kappa shape index (κ3) is 6.76. The van der Waals surface area contributed by atoms with Gasteiger partial charge in [0, 0.05) is 58.2 Å². The molecule has 2 fully saturated rings. The van der Waals surface area contributed by atoms with Crippen LogP contribution in [0.4, 0.5) is 0 Å². The Morgan fingerprint density at radius 2 is 1.74 bits per heavy atom. The first-order chi connectivity index (χ1) is 18.7. The lowest BCUT2D eigenvalue weighted by molar-refractivity contribution is -0.153. The Morgan fingerprint density at radius 1 is 1.03 bits per heavy atom. The molecule has 0 aromatic heterocycles. The summed E-state index contributed by atoms with van der Waals surface area (Å²) in [4.78, 5) is 44.9. The van der Waals surface area contributed by atoms with Gasteiger partial charge in [-0.3, -0.25) is 14.4 Å². The maximum atomic E-state index is 13.1. The maximum Gasteiger partial charge on any atom is 0.253 e. The van der Waals surface area contributed by atoms with E-state index in [4.69, 9.17) is 23.2 Å². The third-order valence-corrected chi connectivity index (χ3v) is 8.98. The van der Waals surface area contributed by atoms with Gasteiger partial charge in [0.25, 0.3) is 5.91 Å². The lowest BCUT2D eigenvalue weighted by Gasteiger charge is -2.48. The number of hydrogen-bond acceptors (Lipinski definition) is 4. The van der Waals surface area contributed by atoms with E-state index in [1.54, 1.807) is 18.0 Å². The van der Waals surface area contributed by atoms with Gasteiger partial charge in [-0.15, -0.1) is 0 Å². The van der Waals surface area contributed by atoms with Gasteiger partial charge in [0.05, 0.1) is 10.0 Å². The highest BCUT2D eigenvalue weighted by molar-refractivity contribution is 6.42. The largest absolute Gasteiger partial charge is 0.357 e. The molecule has 0 radical (unpaired) electrons.